The summed E-state index contributed by atoms with van der Waals surface area (Å²) >= 11 is 3.23. The number of anilines is 1. The fraction of sp³-hybridized carbons (Fsp3) is 0.231. The van der Waals surface area contributed by atoms with Crippen molar-refractivity contribution in [3.63, 3.8) is 0 Å². The molecule has 0 saturated heterocycles. The molecule has 0 radical (unpaired) electrons. The van der Waals surface area contributed by atoms with Crippen molar-refractivity contribution in [1.82, 2.24) is 4.72 Å². The van der Waals surface area contributed by atoms with Crippen molar-refractivity contribution in [2.45, 2.75) is 24.3 Å². The van der Waals surface area contributed by atoms with Crippen LogP contribution in [0.1, 0.15) is 12.7 Å². The number of rotatable bonds is 5. The molecule has 3 N–H and O–H groups in total. The second-order valence-corrected chi connectivity index (χ2v) is 7.06. The maximum atomic E-state index is 12.2. The number of nitrogens with one attached hydrogen (secondary N) is 1. The first-order chi connectivity index (χ1) is 9.38. The van der Waals surface area contributed by atoms with E-state index in [1.807, 2.05) is 6.07 Å². The summed E-state index contributed by atoms with van der Waals surface area (Å²) in [5.41, 5.74) is 6.08. The Bertz CT molecular complexity index is 684. The molecule has 7 heteroatoms. The maximum Gasteiger partial charge on any atom is 0.240 e. The molecule has 1 aromatic carbocycles. The lowest BCUT2D eigenvalue weighted by Gasteiger charge is -2.13. The summed E-state index contributed by atoms with van der Waals surface area (Å²) < 4.78 is 32.9. The van der Waals surface area contributed by atoms with Gasteiger partial charge in [0.2, 0.25) is 10.0 Å². The van der Waals surface area contributed by atoms with E-state index in [2.05, 4.69) is 20.7 Å². The average molecular weight is 359 g/mol. The average Bonchev–Trinajstić information content (AvgIpc) is 2.84. The van der Waals surface area contributed by atoms with E-state index in [-0.39, 0.29) is 10.9 Å². The highest BCUT2D eigenvalue weighted by Gasteiger charge is 2.19. The second kappa shape index (κ2) is 5.99. The first-order valence-electron chi connectivity index (χ1n) is 5.98. The van der Waals surface area contributed by atoms with Gasteiger partial charge in [0.05, 0.1) is 11.2 Å². The number of nitrogen functional groups attached to an aromatic ring is 1. The predicted molar refractivity (Wildman–Crippen MR) is 80.7 cm³/mol. The molecule has 0 bridgehead atoms. The third-order valence-corrected chi connectivity index (χ3v) is 5.03. The quantitative estimate of drug-likeness (QED) is 0.804. The Hall–Kier alpha value is -1.31. The number of hydrogen-bond acceptors (Lipinski definition) is 4. The summed E-state index contributed by atoms with van der Waals surface area (Å²) in [6.07, 6.45) is 2.05. The van der Waals surface area contributed by atoms with Crippen LogP contribution in [0, 0.1) is 0 Å². The van der Waals surface area contributed by atoms with Crippen LogP contribution in [0.3, 0.4) is 0 Å². The van der Waals surface area contributed by atoms with Gasteiger partial charge < -0.3 is 10.2 Å². The molecule has 20 heavy (non-hydrogen) atoms. The van der Waals surface area contributed by atoms with Crippen molar-refractivity contribution in [3.05, 3.63) is 46.8 Å². The van der Waals surface area contributed by atoms with Crippen molar-refractivity contribution in [2.24, 2.45) is 0 Å². The summed E-state index contributed by atoms with van der Waals surface area (Å²) in [4.78, 5) is 0.143. The van der Waals surface area contributed by atoms with Gasteiger partial charge in [-0.1, -0.05) is 0 Å². The van der Waals surface area contributed by atoms with Crippen LogP contribution in [-0.4, -0.2) is 14.5 Å². The molecule has 2 rings (SSSR count). The molecule has 0 spiro atoms. The molecule has 0 amide bonds. The Labute approximate surface area is 126 Å². The highest BCUT2D eigenvalue weighted by Crippen LogP contribution is 2.23. The van der Waals surface area contributed by atoms with Crippen LogP contribution in [0.5, 0.6) is 0 Å². The molecule has 0 aliphatic heterocycles. The SMILES string of the molecule is CC(Cc1ccco1)NS(=O)(=O)c1ccc(Br)c(N)c1. The third kappa shape index (κ3) is 3.62. The van der Waals surface area contributed by atoms with E-state index in [9.17, 15) is 8.42 Å². The van der Waals surface area contributed by atoms with Gasteiger partial charge in [-0.05, 0) is 53.2 Å². The van der Waals surface area contributed by atoms with Gasteiger partial charge in [-0.15, -0.1) is 0 Å². The largest absolute Gasteiger partial charge is 0.469 e. The standard InChI is InChI=1S/C13H15BrN2O3S/c1-9(7-10-3-2-6-19-10)16-20(17,18)11-4-5-12(14)13(15)8-11/h2-6,8-9,16H,7,15H2,1H3. The topological polar surface area (TPSA) is 85.3 Å². The Balaban J connectivity index is 2.12. The van der Waals surface area contributed by atoms with E-state index in [1.54, 1.807) is 25.3 Å². The van der Waals surface area contributed by atoms with Crippen molar-refractivity contribution in [2.75, 3.05) is 5.73 Å². The summed E-state index contributed by atoms with van der Waals surface area (Å²) in [6, 6.07) is 7.83. The molecule has 5 nitrogen and oxygen atoms in total. The summed E-state index contributed by atoms with van der Waals surface area (Å²) in [7, 11) is -3.59. The lowest BCUT2D eigenvalue weighted by Crippen LogP contribution is -2.34. The molecular formula is C13H15BrN2O3S. The molecule has 0 fully saturated rings. The molecule has 1 unspecified atom stereocenters. The molecule has 1 heterocycles. The number of nitrogens with two attached hydrogens (primary N) is 1. The highest BCUT2D eigenvalue weighted by molar-refractivity contribution is 9.10. The highest BCUT2D eigenvalue weighted by atomic mass is 79.9. The zero-order valence-electron chi connectivity index (χ0n) is 10.8. The lowest BCUT2D eigenvalue weighted by atomic mass is 10.2. The Kier molecular flexibility index (Phi) is 4.52. The second-order valence-electron chi connectivity index (χ2n) is 4.49. The Morgan fingerprint density at radius 2 is 2.15 bits per heavy atom. The lowest BCUT2D eigenvalue weighted by molar-refractivity contribution is 0.479. The van der Waals surface area contributed by atoms with E-state index in [0.717, 1.165) is 5.76 Å². The number of halogens is 1. The molecule has 1 atom stereocenters. The first kappa shape index (κ1) is 15.1. The minimum atomic E-state index is -3.59. The van der Waals surface area contributed by atoms with E-state index in [1.165, 1.54) is 12.1 Å². The van der Waals surface area contributed by atoms with Gasteiger partial charge in [0.1, 0.15) is 5.76 Å². The normalized spacial score (nSPS) is 13.3. The van der Waals surface area contributed by atoms with E-state index >= 15 is 0 Å². The number of hydrogen-bond donors (Lipinski definition) is 2. The van der Waals surface area contributed by atoms with Gasteiger partial charge in [-0.2, -0.15) is 0 Å². The molecule has 0 aliphatic rings. The van der Waals surface area contributed by atoms with Crippen LogP contribution in [-0.2, 0) is 16.4 Å². The van der Waals surface area contributed by atoms with Crippen molar-refractivity contribution < 1.29 is 12.8 Å². The minimum absolute atomic E-state index is 0.143. The third-order valence-electron chi connectivity index (χ3n) is 2.72. The minimum Gasteiger partial charge on any atom is -0.469 e. The molecule has 0 saturated carbocycles. The monoisotopic (exact) mass is 358 g/mol. The predicted octanol–water partition coefficient (Wildman–Crippen LogP) is 2.53. The Morgan fingerprint density at radius 1 is 1.40 bits per heavy atom. The van der Waals surface area contributed by atoms with Crippen LogP contribution in [0.4, 0.5) is 5.69 Å². The van der Waals surface area contributed by atoms with Crippen LogP contribution >= 0.6 is 15.9 Å². The first-order valence-corrected chi connectivity index (χ1v) is 8.26. The van der Waals surface area contributed by atoms with E-state index in [4.69, 9.17) is 10.2 Å². The van der Waals surface area contributed by atoms with Crippen LogP contribution < -0.4 is 10.5 Å². The molecular weight excluding hydrogens is 344 g/mol. The van der Waals surface area contributed by atoms with Crippen molar-refractivity contribution in [1.29, 1.82) is 0 Å². The molecule has 108 valence electrons. The van der Waals surface area contributed by atoms with Crippen LogP contribution in [0.15, 0.2) is 50.4 Å². The summed E-state index contributed by atoms with van der Waals surface area (Å²) in [5.74, 6) is 0.732. The van der Waals surface area contributed by atoms with Gasteiger partial charge in [-0.25, -0.2) is 13.1 Å². The zero-order valence-corrected chi connectivity index (χ0v) is 13.2. The van der Waals surface area contributed by atoms with Gasteiger partial charge in [-0.3, -0.25) is 0 Å². The van der Waals surface area contributed by atoms with Gasteiger partial charge in [0, 0.05) is 22.6 Å². The van der Waals surface area contributed by atoms with Crippen LogP contribution in [0.25, 0.3) is 0 Å². The van der Waals surface area contributed by atoms with Crippen molar-refractivity contribution >= 4 is 31.6 Å². The van der Waals surface area contributed by atoms with E-state index < -0.39 is 10.0 Å². The van der Waals surface area contributed by atoms with Crippen molar-refractivity contribution in [3.8, 4) is 0 Å². The maximum absolute atomic E-state index is 12.2. The van der Waals surface area contributed by atoms with Gasteiger partial charge in [0.15, 0.2) is 0 Å². The Morgan fingerprint density at radius 3 is 2.75 bits per heavy atom. The molecule has 2 aromatic rings. The molecule has 0 aliphatic carbocycles. The zero-order chi connectivity index (χ0) is 14.8. The number of furan rings is 1. The number of benzene rings is 1. The fourth-order valence-electron chi connectivity index (χ4n) is 1.79. The molecule has 1 aromatic heterocycles. The smallest absolute Gasteiger partial charge is 0.240 e. The van der Waals surface area contributed by atoms with Gasteiger partial charge in [0.25, 0.3) is 0 Å². The summed E-state index contributed by atoms with van der Waals surface area (Å²) in [5, 5.41) is 0. The number of sulfonamides is 1. The van der Waals surface area contributed by atoms with E-state index in [0.29, 0.717) is 16.6 Å². The fourth-order valence-corrected chi connectivity index (χ4v) is 3.32. The summed E-state index contributed by atoms with van der Waals surface area (Å²) in [6.45, 7) is 1.78. The van der Waals surface area contributed by atoms with Crippen LogP contribution in [0.2, 0.25) is 0 Å². The van der Waals surface area contributed by atoms with Gasteiger partial charge >= 0.3 is 0 Å².